The first-order valence-corrected chi connectivity index (χ1v) is 8.76. The van der Waals surface area contributed by atoms with Gasteiger partial charge < -0.3 is 5.32 Å². The Morgan fingerprint density at radius 1 is 1.19 bits per heavy atom. The van der Waals surface area contributed by atoms with E-state index in [0.717, 1.165) is 24.5 Å². The van der Waals surface area contributed by atoms with Gasteiger partial charge >= 0.3 is 0 Å². The van der Waals surface area contributed by atoms with Crippen LogP contribution in [0.5, 0.6) is 0 Å². The summed E-state index contributed by atoms with van der Waals surface area (Å²) >= 11 is 1.59. The number of likely N-dealkylation sites (tertiary alicyclic amines) is 1. The molecule has 1 aromatic carbocycles. The number of benzene rings is 1. The zero-order chi connectivity index (χ0) is 15.1. The van der Waals surface area contributed by atoms with Crippen molar-refractivity contribution in [2.75, 3.05) is 25.4 Å². The van der Waals surface area contributed by atoms with Gasteiger partial charge in [0.25, 0.3) is 0 Å². The number of hydrogen-bond acceptors (Lipinski definition) is 3. The molecule has 4 heteroatoms. The Labute approximate surface area is 132 Å². The normalized spacial score (nSPS) is 16.7. The van der Waals surface area contributed by atoms with Crippen molar-refractivity contribution in [3.8, 4) is 0 Å². The predicted molar refractivity (Wildman–Crippen MR) is 89.7 cm³/mol. The number of nitrogens with zero attached hydrogens (tertiary/aromatic N) is 1. The largest absolute Gasteiger partial charge is 0.354 e. The Bertz CT molecular complexity index is 441. The molecule has 21 heavy (non-hydrogen) atoms. The molecule has 0 spiro atoms. The lowest BCUT2D eigenvalue weighted by Crippen LogP contribution is -2.53. The van der Waals surface area contributed by atoms with E-state index in [0.29, 0.717) is 5.75 Å². The lowest BCUT2D eigenvalue weighted by atomic mass is 9.98. The summed E-state index contributed by atoms with van der Waals surface area (Å²) < 4.78 is 0. The van der Waals surface area contributed by atoms with Gasteiger partial charge in [0.15, 0.2) is 0 Å². The lowest BCUT2D eigenvalue weighted by molar-refractivity contribution is -0.119. The van der Waals surface area contributed by atoms with Gasteiger partial charge in [-0.25, -0.2) is 0 Å². The first-order chi connectivity index (χ1) is 10.1. The van der Waals surface area contributed by atoms with Crippen molar-refractivity contribution in [2.24, 2.45) is 0 Å². The maximum absolute atomic E-state index is 12.0. The molecule has 1 saturated heterocycles. The van der Waals surface area contributed by atoms with Crippen molar-refractivity contribution in [2.45, 2.75) is 43.5 Å². The average Bonchev–Trinajstić information content (AvgIpc) is 2.53. The van der Waals surface area contributed by atoms with Crippen LogP contribution >= 0.6 is 11.8 Å². The highest BCUT2D eigenvalue weighted by atomic mass is 32.2. The van der Waals surface area contributed by atoms with E-state index in [1.807, 2.05) is 30.3 Å². The minimum atomic E-state index is 0.0491. The van der Waals surface area contributed by atoms with Crippen LogP contribution in [0.25, 0.3) is 0 Å². The van der Waals surface area contributed by atoms with Crippen molar-refractivity contribution in [1.29, 1.82) is 0 Å². The second kappa shape index (κ2) is 7.85. The van der Waals surface area contributed by atoms with Crippen molar-refractivity contribution in [3.05, 3.63) is 30.3 Å². The molecule has 1 fully saturated rings. The van der Waals surface area contributed by atoms with Gasteiger partial charge in [0, 0.05) is 17.0 Å². The van der Waals surface area contributed by atoms with Crippen molar-refractivity contribution >= 4 is 17.7 Å². The van der Waals surface area contributed by atoms with E-state index in [-0.39, 0.29) is 11.4 Å². The van der Waals surface area contributed by atoms with Crippen LogP contribution in [0.1, 0.15) is 33.1 Å². The van der Waals surface area contributed by atoms with Crippen molar-refractivity contribution < 1.29 is 4.79 Å². The minimum absolute atomic E-state index is 0.0491. The molecule has 1 amide bonds. The van der Waals surface area contributed by atoms with Crippen LogP contribution in [0.3, 0.4) is 0 Å². The van der Waals surface area contributed by atoms with Crippen LogP contribution in [0.4, 0.5) is 0 Å². The number of piperidine rings is 1. The Morgan fingerprint density at radius 2 is 1.86 bits per heavy atom. The molecule has 116 valence electrons. The van der Waals surface area contributed by atoms with Crippen LogP contribution in [0, 0.1) is 0 Å². The van der Waals surface area contributed by atoms with Gasteiger partial charge in [0.1, 0.15) is 0 Å². The van der Waals surface area contributed by atoms with E-state index < -0.39 is 0 Å². The number of carbonyl (C=O) groups is 1. The molecule has 2 rings (SSSR count). The minimum Gasteiger partial charge on any atom is -0.354 e. The summed E-state index contributed by atoms with van der Waals surface area (Å²) in [6, 6.07) is 10.1. The Hall–Kier alpha value is -1.00. The number of hydrogen-bond donors (Lipinski definition) is 1. The Kier molecular flexibility index (Phi) is 6.12. The summed E-state index contributed by atoms with van der Waals surface area (Å²) in [7, 11) is 0. The molecular weight excluding hydrogens is 280 g/mol. The van der Waals surface area contributed by atoms with E-state index in [9.17, 15) is 4.79 Å². The summed E-state index contributed by atoms with van der Waals surface area (Å²) in [5.74, 6) is 0.606. The number of rotatable bonds is 6. The highest BCUT2D eigenvalue weighted by Gasteiger charge is 2.28. The third-order valence-electron chi connectivity index (χ3n) is 4.04. The van der Waals surface area contributed by atoms with Crippen LogP contribution in [0.15, 0.2) is 35.2 Å². The summed E-state index contributed by atoms with van der Waals surface area (Å²) in [6.45, 7) is 7.48. The van der Waals surface area contributed by atoms with Gasteiger partial charge in [-0.2, -0.15) is 0 Å². The zero-order valence-corrected chi connectivity index (χ0v) is 13.9. The van der Waals surface area contributed by atoms with Crippen molar-refractivity contribution in [1.82, 2.24) is 10.2 Å². The molecule has 0 saturated carbocycles. The molecule has 1 N–H and O–H groups in total. The molecule has 1 aliphatic heterocycles. The molecule has 3 nitrogen and oxygen atoms in total. The molecule has 1 heterocycles. The Balaban J connectivity index is 1.72. The second-order valence-corrected chi connectivity index (χ2v) is 7.29. The van der Waals surface area contributed by atoms with Crippen LogP contribution < -0.4 is 5.32 Å². The summed E-state index contributed by atoms with van der Waals surface area (Å²) in [6.07, 6.45) is 3.90. The lowest BCUT2D eigenvalue weighted by Gasteiger charge is -2.41. The van der Waals surface area contributed by atoms with Crippen LogP contribution in [0.2, 0.25) is 0 Å². The quantitative estimate of drug-likeness (QED) is 0.819. The zero-order valence-electron chi connectivity index (χ0n) is 13.1. The van der Waals surface area contributed by atoms with Crippen molar-refractivity contribution in [3.63, 3.8) is 0 Å². The van der Waals surface area contributed by atoms with Gasteiger partial charge in [-0.1, -0.05) is 24.6 Å². The molecule has 1 aliphatic rings. The Morgan fingerprint density at radius 3 is 2.52 bits per heavy atom. The molecule has 0 aromatic heterocycles. The smallest absolute Gasteiger partial charge is 0.230 e. The third kappa shape index (κ3) is 5.36. The van der Waals surface area contributed by atoms with E-state index in [4.69, 9.17) is 0 Å². The fraction of sp³-hybridized carbons (Fsp3) is 0.588. The molecular formula is C17H26N2OS. The maximum atomic E-state index is 12.0. The number of thioether (sulfide) groups is 1. The molecule has 1 aromatic rings. The number of amides is 1. The topological polar surface area (TPSA) is 32.3 Å². The first-order valence-electron chi connectivity index (χ1n) is 7.77. The van der Waals surface area contributed by atoms with Gasteiger partial charge in [-0.3, -0.25) is 9.69 Å². The van der Waals surface area contributed by atoms with E-state index in [2.05, 4.69) is 24.1 Å². The maximum Gasteiger partial charge on any atom is 0.230 e. The van der Waals surface area contributed by atoms with Gasteiger partial charge in [-0.05, 0) is 51.9 Å². The van der Waals surface area contributed by atoms with Gasteiger partial charge in [0.2, 0.25) is 5.91 Å². The molecule has 0 radical (unpaired) electrons. The van der Waals surface area contributed by atoms with Gasteiger partial charge in [0.05, 0.1) is 5.75 Å². The SMILES string of the molecule is CC(C)(CNC(=O)CSc1ccccc1)N1CCCCC1. The standard InChI is InChI=1S/C17H26N2OS/c1-17(2,19-11-7-4-8-12-19)14-18-16(20)13-21-15-9-5-3-6-10-15/h3,5-6,9-10H,4,7-8,11-14H2,1-2H3,(H,18,20). The number of nitrogens with one attached hydrogen (secondary N) is 1. The van der Waals surface area contributed by atoms with Crippen LogP contribution in [-0.2, 0) is 4.79 Å². The first kappa shape index (κ1) is 16.4. The highest BCUT2D eigenvalue weighted by molar-refractivity contribution is 8.00. The molecule has 0 unspecified atom stereocenters. The van der Waals surface area contributed by atoms with E-state index in [1.165, 1.54) is 19.3 Å². The monoisotopic (exact) mass is 306 g/mol. The highest BCUT2D eigenvalue weighted by Crippen LogP contribution is 2.20. The van der Waals surface area contributed by atoms with E-state index >= 15 is 0 Å². The fourth-order valence-electron chi connectivity index (χ4n) is 2.64. The summed E-state index contributed by atoms with van der Waals surface area (Å²) in [5.41, 5.74) is 0.0491. The van der Waals surface area contributed by atoms with E-state index in [1.54, 1.807) is 11.8 Å². The predicted octanol–water partition coefficient (Wildman–Crippen LogP) is 3.16. The third-order valence-corrected chi connectivity index (χ3v) is 5.06. The fourth-order valence-corrected chi connectivity index (χ4v) is 3.39. The van der Waals surface area contributed by atoms with Crippen LogP contribution in [-0.4, -0.2) is 41.7 Å². The molecule has 0 atom stereocenters. The average molecular weight is 306 g/mol. The summed E-state index contributed by atoms with van der Waals surface area (Å²) in [4.78, 5) is 15.6. The molecule has 0 aliphatic carbocycles. The molecule has 0 bridgehead atoms. The van der Waals surface area contributed by atoms with Gasteiger partial charge in [-0.15, -0.1) is 11.8 Å². The summed E-state index contributed by atoms with van der Waals surface area (Å²) in [5, 5.41) is 3.09. The second-order valence-electron chi connectivity index (χ2n) is 6.24. The number of carbonyl (C=O) groups excluding carboxylic acids is 1.